The van der Waals surface area contributed by atoms with Crippen molar-refractivity contribution in [3.8, 4) is 0 Å². The lowest BCUT2D eigenvalue weighted by atomic mass is 10.0. The van der Waals surface area contributed by atoms with Gasteiger partial charge in [-0.1, -0.05) is 61.2 Å². The fourth-order valence-corrected chi connectivity index (χ4v) is 1.97. The van der Waals surface area contributed by atoms with E-state index in [0.29, 0.717) is 6.61 Å². The van der Waals surface area contributed by atoms with Gasteiger partial charge in [-0.25, -0.2) is 0 Å². The van der Waals surface area contributed by atoms with Gasteiger partial charge in [-0.15, -0.1) is 13.2 Å². The number of allylic oxidation sites excluding steroid dienone is 2. The second-order valence-corrected chi connectivity index (χ2v) is 4.90. The highest BCUT2D eigenvalue weighted by Gasteiger charge is 2.13. The third-order valence-corrected chi connectivity index (χ3v) is 3.00. The van der Waals surface area contributed by atoms with Crippen LogP contribution in [-0.4, -0.2) is 6.61 Å². The van der Waals surface area contributed by atoms with E-state index < -0.39 is 0 Å². The Hall–Kier alpha value is -1.86. The maximum Gasteiger partial charge on any atom is 0.0866 e. The molecular weight excluding hydrogens is 244 g/mol. The molecule has 20 heavy (non-hydrogen) atoms. The number of hydrogen-bond acceptors (Lipinski definition) is 1. The van der Waals surface area contributed by atoms with Gasteiger partial charge in [-0.2, -0.15) is 0 Å². The lowest BCUT2D eigenvalue weighted by molar-refractivity contribution is 0.0689. The zero-order valence-electron chi connectivity index (χ0n) is 12.2. The van der Waals surface area contributed by atoms with Gasteiger partial charge in [0.25, 0.3) is 0 Å². The molecule has 1 rings (SSSR count). The number of rotatable bonds is 10. The quantitative estimate of drug-likeness (QED) is 0.516. The summed E-state index contributed by atoms with van der Waals surface area (Å²) in [5, 5.41) is 0. The first-order chi connectivity index (χ1) is 9.67. The fraction of sp³-hybridized carbons (Fsp3) is 0.263. The summed E-state index contributed by atoms with van der Waals surface area (Å²) in [5.41, 5.74) is 3.34. The molecule has 0 saturated heterocycles. The van der Waals surface area contributed by atoms with Gasteiger partial charge < -0.3 is 4.74 Å². The Morgan fingerprint density at radius 3 is 2.20 bits per heavy atom. The largest absolute Gasteiger partial charge is 0.369 e. The molecule has 0 N–H and O–H groups in total. The van der Waals surface area contributed by atoms with E-state index in [4.69, 9.17) is 4.74 Å². The molecule has 1 atom stereocenters. The molecule has 0 aromatic heterocycles. The van der Waals surface area contributed by atoms with Crippen molar-refractivity contribution in [3.05, 3.63) is 85.5 Å². The molecule has 0 radical (unpaired) electrons. The molecular formula is C19H24O. The zero-order valence-corrected chi connectivity index (χ0v) is 12.2. The average Bonchev–Trinajstić information content (AvgIpc) is 2.45. The molecule has 0 heterocycles. The number of hydrogen-bond donors (Lipinski definition) is 0. The summed E-state index contributed by atoms with van der Waals surface area (Å²) in [6.45, 7) is 16.1. The van der Waals surface area contributed by atoms with Gasteiger partial charge in [0.1, 0.15) is 0 Å². The Kier molecular flexibility index (Phi) is 7.38. The minimum Gasteiger partial charge on any atom is -0.369 e. The second-order valence-electron chi connectivity index (χ2n) is 4.90. The Morgan fingerprint density at radius 2 is 1.60 bits per heavy atom. The van der Waals surface area contributed by atoms with Gasteiger partial charge in [0.15, 0.2) is 0 Å². The summed E-state index contributed by atoms with van der Waals surface area (Å²) < 4.78 is 6.02. The van der Waals surface area contributed by atoms with E-state index in [2.05, 4.69) is 38.4 Å². The van der Waals surface area contributed by atoms with Crippen LogP contribution in [0.25, 0.3) is 0 Å². The topological polar surface area (TPSA) is 9.23 Å². The van der Waals surface area contributed by atoms with Crippen molar-refractivity contribution in [2.45, 2.75) is 25.4 Å². The van der Waals surface area contributed by atoms with Gasteiger partial charge in [-0.3, -0.25) is 0 Å². The molecule has 0 fully saturated rings. The van der Waals surface area contributed by atoms with Crippen LogP contribution in [0, 0.1) is 0 Å². The molecule has 1 nitrogen and oxygen atoms in total. The molecule has 1 aromatic rings. The monoisotopic (exact) mass is 268 g/mol. The van der Waals surface area contributed by atoms with Crippen LogP contribution in [0.4, 0.5) is 0 Å². The van der Waals surface area contributed by atoms with Gasteiger partial charge >= 0.3 is 0 Å². The predicted molar refractivity (Wildman–Crippen MR) is 87.7 cm³/mol. The summed E-state index contributed by atoms with van der Waals surface area (Å²) in [4.78, 5) is 0. The van der Waals surface area contributed by atoms with Crippen LogP contribution in [-0.2, 0) is 4.74 Å². The molecule has 0 aliphatic carbocycles. The second kappa shape index (κ2) is 9.11. The third-order valence-electron chi connectivity index (χ3n) is 3.00. The van der Waals surface area contributed by atoms with Crippen molar-refractivity contribution >= 4 is 0 Å². The highest BCUT2D eigenvalue weighted by atomic mass is 16.5. The van der Waals surface area contributed by atoms with Gasteiger partial charge in [0, 0.05) is 0 Å². The first-order valence-corrected chi connectivity index (χ1v) is 6.89. The molecule has 1 unspecified atom stereocenters. The summed E-state index contributed by atoms with van der Waals surface area (Å²) in [6, 6.07) is 10.2. The smallest absolute Gasteiger partial charge is 0.0866 e. The summed E-state index contributed by atoms with van der Waals surface area (Å²) in [6.07, 6.45) is 6.15. The predicted octanol–water partition coefficient (Wildman–Crippen LogP) is 5.40. The maximum atomic E-state index is 6.02. The van der Waals surface area contributed by atoms with Crippen LogP contribution in [0.15, 0.2) is 79.9 Å². The van der Waals surface area contributed by atoms with Crippen LogP contribution < -0.4 is 0 Å². The van der Waals surface area contributed by atoms with Gasteiger partial charge in [0.2, 0.25) is 0 Å². The molecule has 1 heteroatoms. The summed E-state index contributed by atoms with van der Waals surface area (Å²) >= 11 is 0. The Morgan fingerprint density at radius 1 is 1.00 bits per heavy atom. The Bertz CT molecular complexity index is 456. The molecule has 106 valence electrons. The minimum atomic E-state index is 0.0187. The highest BCUT2D eigenvalue weighted by molar-refractivity contribution is 5.20. The molecule has 1 aromatic carbocycles. The van der Waals surface area contributed by atoms with Crippen molar-refractivity contribution in [3.63, 3.8) is 0 Å². The van der Waals surface area contributed by atoms with Crippen LogP contribution >= 0.6 is 0 Å². The first kappa shape index (κ1) is 16.2. The van der Waals surface area contributed by atoms with E-state index in [1.165, 1.54) is 5.56 Å². The third kappa shape index (κ3) is 5.85. The summed E-state index contributed by atoms with van der Waals surface area (Å²) in [7, 11) is 0. The van der Waals surface area contributed by atoms with E-state index >= 15 is 0 Å². The molecule has 0 aliphatic heterocycles. The Labute approximate surface area is 123 Å². The van der Waals surface area contributed by atoms with Crippen molar-refractivity contribution in [1.29, 1.82) is 0 Å². The van der Waals surface area contributed by atoms with Crippen molar-refractivity contribution in [1.82, 2.24) is 0 Å². The molecule has 0 saturated carbocycles. The zero-order chi connectivity index (χ0) is 14.8. The fourth-order valence-electron chi connectivity index (χ4n) is 1.97. The van der Waals surface area contributed by atoms with Crippen LogP contribution in [0.3, 0.4) is 0 Å². The van der Waals surface area contributed by atoms with Gasteiger partial charge in [-0.05, 0) is 30.4 Å². The molecule has 0 aliphatic rings. The van der Waals surface area contributed by atoms with E-state index in [9.17, 15) is 0 Å². The number of benzene rings is 1. The highest BCUT2D eigenvalue weighted by Crippen LogP contribution is 2.26. The lowest BCUT2D eigenvalue weighted by Crippen LogP contribution is -2.08. The molecule has 0 amide bonds. The van der Waals surface area contributed by atoms with Crippen LogP contribution in [0.1, 0.15) is 30.9 Å². The van der Waals surface area contributed by atoms with Crippen LogP contribution in [0.2, 0.25) is 0 Å². The first-order valence-electron chi connectivity index (χ1n) is 6.89. The van der Waals surface area contributed by atoms with Crippen LogP contribution in [0.5, 0.6) is 0 Å². The normalized spacial score (nSPS) is 11.6. The minimum absolute atomic E-state index is 0.0187. The Balaban J connectivity index is 2.69. The van der Waals surface area contributed by atoms with E-state index in [1.54, 1.807) is 0 Å². The van der Waals surface area contributed by atoms with E-state index in [1.807, 2.05) is 30.4 Å². The van der Waals surface area contributed by atoms with Crippen molar-refractivity contribution < 1.29 is 4.74 Å². The summed E-state index contributed by atoms with van der Waals surface area (Å²) in [5.74, 6) is 0. The van der Waals surface area contributed by atoms with Crippen molar-refractivity contribution in [2.24, 2.45) is 0 Å². The maximum absolute atomic E-state index is 6.02. The average molecular weight is 268 g/mol. The molecule has 0 spiro atoms. The SMILES string of the molecule is C=CCC(=C)COC(CC(=C)CC=C)c1ccccc1. The number of ether oxygens (including phenoxy) is 1. The standard InChI is InChI=1S/C19H24O/c1-5-10-16(3)14-19(18-12-8-7-9-13-18)20-15-17(4)11-6-2/h5-9,12-13,19H,1-4,10-11,14-15H2. The lowest BCUT2D eigenvalue weighted by Gasteiger charge is -2.20. The van der Waals surface area contributed by atoms with Crippen molar-refractivity contribution in [2.75, 3.05) is 6.61 Å². The van der Waals surface area contributed by atoms with E-state index in [-0.39, 0.29) is 6.10 Å². The van der Waals surface area contributed by atoms with Gasteiger partial charge in [0.05, 0.1) is 12.7 Å². The van der Waals surface area contributed by atoms with E-state index in [0.717, 1.165) is 30.4 Å². The molecule has 0 bridgehead atoms.